The highest BCUT2D eigenvalue weighted by molar-refractivity contribution is 5.94. The van der Waals surface area contributed by atoms with Crippen LogP contribution in [0.25, 0.3) is 0 Å². The lowest BCUT2D eigenvalue weighted by Crippen LogP contribution is -2.49. The highest BCUT2D eigenvalue weighted by atomic mass is 16.2. The highest BCUT2D eigenvalue weighted by Crippen LogP contribution is 2.21. The number of carbonyl (C=O) groups is 1. The van der Waals surface area contributed by atoms with E-state index in [-0.39, 0.29) is 5.91 Å². The molecule has 166 valence electrons. The van der Waals surface area contributed by atoms with E-state index in [1.54, 1.807) is 6.20 Å². The van der Waals surface area contributed by atoms with E-state index in [1.807, 2.05) is 80.2 Å². The van der Waals surface area contributed by atoms with Crippen molar-refractivity contribution >= 4 is 29.0 Å². The minimum absolute atomic E-state index is 0.0710. The average molecular weight is 432 g/mol. The maximum Gasteiger partial charge on any atom is 0.253 e. The van der Waals surface area contributed by atoms with E-state index in [2.05, 4.69) is 25.2 Å². The fraction of sp³-hybridized carbons (Fsp3) is 0.333. The van der Waals surface area contributed by atoms with E-state index in [4.69, 9.17) is 0 Å². The average Bonchev–Trinajstić information content (AvgIpc) is 2.78. The summed E-state index contributed by atoms with van der Waals surface area (Å²) in [6.45, 7) is 6.66. The van der Waals surface area contributed by atoms with Crippen molar-refractivity contribution in [3.63, 3.8) is 0 Å². The summed E-state index contributed by atoms with van der Waals surface area (Å²) in [7, 11) is 3.98. The topological polar surface area (TPSA) is 77.5 Å². The molecule has 0 radical (unpaired) electrons. The van der Waals surface area contributed by atoms with Gasteiger partial charge in [0.15, 0.2) is 0 Å². The molecular weight excluding hydrogens is 402 g/mol. The van der Waals surface area contributed by atoms with Crippen molar-refractivity contribution in [2.45, 2.75) is 13.8 Å². The molecule has 32 heavy (non-hydrogen) atoms. The third-order valence-corrected chi connectivity index (χ3v) is 5.52. The Labute approximate surface area is 188 Å². The molecule has 1 saturated heterocycles. The zero-order valence-corrected chi connectivity index (χ0v) is 19.0. The largest absolute Gasteiger partial charge is 0.378 e. The second-order valence-electron chi connectivity index (χ2n) is 8.22. The third-order valence-electron chi connectivity index (χ3n) is 5.52. The number of anilines is 4. The van der Waals surface area contributed by atoms with Crippen LogP contribution in [-0.2, 0) is 0 Å². The lowest BCUT2D eigenvalue weighted by Gasteiger charge is -2.35. The lowest BCUT2D eigenvalue weighted by molar-refractivity contribution is 0.0746. The zero-order valence-electron chi connectivity index (χ0n) is 19.0. The van der Waals surface area contributed by atoms with Crippen LogP contribution in [0.4, 0.5) is 23.1 Å². The number of carbonyl (C=O) groups excluding carboxylic acids is 1. The first-order valence-electron chi connectivity index (χ1n) is 10.8. The van der Waals surface area contributed by atoms with Crippen LogP contribution in [0.3, 0.4) is 0 Å². The van der Waals surface area contributed by atoms with Crippen LogP contribution in [0.2, 0.25) is 0 Å². The Morgan fingerprint density at radius 3 is 2.31 bits per heavy atom. The first-order valence-corrected chi connectivity index (χ1v) is 10.8. The molecule has 3 heterocycles. The van der Waals surface area contributed by atoms with Gasteiger partial charge in [-0.2, -0.15) is 0 Å². The Hall–Kier alpha value is -3.68. The minimum atomic E-state index is 0.0710. The van der Waals surface area contributed by atoms with Crippen molar-refractivity contribution in [1.29, 1.82) is 0 Å². The molecule has 2 aromatic heterocycles. The standard InChI is InChI=1S/C24H29N7O/c1-17-9-10-25-21(15-17)28-22-16-23(27-18(2)26-22)30-11-13-31(14-12-30)24(32)19-5-7-20(8-6-19)29(3)4/h5-10,15-16H,11-14H2,1-4H3,(H,25,26,27,28). The summed E-state index contributed by atoms with van der Waals surface area (Å²) in [4.78, 5) is 32.5. The molecule has 1 aromatic carbocycles. The van der Waals surface area contributed by atoms with Crippen LogP contribution < -0.4 is 15.1 Å². The Morgan fingerprint density at radius 2 is 1.66 bits per heavy atom. The van der Waals surface area contributed by atoms with Crippen molar-refractivity contribution in [3.05, 3.63) is 65.6 Å². The first-order chi connectivity index (χ1) is 15.4. The summed E-state index contributed by atoms with van der Waals surface area (Å²) < 4.78 is 0. The molecule has 8 heteroatoms. The van der Waals surface area contributed by atoms with Gasteiger partial charge >= 0.3 is 0 Å². The number of rotatable bonds is 5. The number of piperazine rings is 1. The number of pyridine rings is 1. The lowest BCUT2D eigenvalue weighted by atomic mass is 10.1. The van der Waals surface area contributed by atoms with Gasteiger partial charge in [-0.1, -0.05) is 0 Å². The number of aromatic nitrogens is 3. The molecule has 8 nitrogen and oxygen atoms in total. The van der Waals surface area contributed by atoms with Crippen LogP contribution >= 0.6 is 0 Å². The van der Waals surface area contributed by atoms with E-state index >= 15 is 0 Å². The third kappa shape index (κ3) is 4.96. The molecule has 0 saturated carbocycles. The minimum Gasteiger partial charge on any atom is -0.378 e. The Morgan fingerprint density at radius 1 is 0.938 bits per heavy atom. The Balaban J connectivity index is 1.41. The fourth-order valence-electron chi connectivity index (χ4n) is 3.74. The summed E-state index contributed by atoms with van der Waals surface area (Å²) in [5, 5.41) is 3.27. The van der Waals surface area contributed by atoms with Crippen LogP contribution in [0.1, 0.15) is 21.7 Å². The monoisotopic (exact) mass is 431 g/mol. The molecule has 1 N–H and O–H groups in total. The SMILES string of the molecule is Cc1ccnc(Nc2cc(N3CCN(C(=O)c4ccc(N(C)C)cc4)CC3)nc(C)n2)c1. The maximum absolute atomic E-state index is 12.9. The predicted molar refractivity (Wildman–Crippen MR) is 128 cm³/mol. The molecule has 1 fully saturated rings. The van der Waals surface area contributed by atoms with Crippen molar-refractivity contribution in [1.82, 2.24) is 19.9 Å². The van der Waals surface area contributed by atoms with Crippen LogP contribution in [0, 0.1) is 13.8 Å². The molecule has 0 aliphatic carbocycles. The van der Waals surface area contributed by atoms with Gasteiger partial charge < -0.3 is 20.0 Å². The number of hydrogen-bond donors (Lipinski definition) is 1. The van der Waals surface area contributed by atoms with Gasteiger partial charge in [0.2, 0.25) is 0 Å². The number of nitrogens with one attached hydrogen (secondary N) is 1. The van der Waals surface area contributed by atoms with Gasteiger partial charge in [-0.15, -0.1) is 0 Å². The van der Waals surface area contributed by atoms with E-state index in [0.29, 0.717) is 24.7 Å². The van der Waals surface area contributed by atoms with Crippen LogP contribution in [-0.4, -0.2) is 66.0 Å². The molecule has 3 aromatic rings. The van der Waals surface area contributed by atoms with Gasteiger partial charge in [-0.25, -0.2) is 15.0 Å². The number of benzene rings is 1. The van der Waals surface area contributed by atoms with Crippen LogP contribution in [0.5, 0.6) is 0 Å². The van der Waals surface area contributed by atoms with Crippen molar-refractivity contribution in [3.8, 4) is 0 Å². The quantitative estimate of drug-likeness (QED) is 0.664. The number of hydrogen-bond acceptors (Lipinski definition) is 7. The summed E-state index contributed by atoms with van der Waals surface area (Å²) >= 11 is 0. The van der Waals surface area contributed by atoms with Crippen molar-refractivity contribution < 1.29 is 4.79 Å². The summed E-state index contributed by atoms with van der Waals surface area (Å²) in [5.74, 6) is 3.09. The van der Waals surface area contributed by atoms with Gasteiger partial charge in [0, 0.05) is 63.8 Å². The number of nitrogens with zero attached hydrogens (tertiary/aromatic N) is 6. The zero-order chi connectivity index (χ0) is 22.7. The number of amides is 1. The van der Waals surface area contributed by atoms with Crippen molar-refractivity contribution in [2.24, 2.45) is 0 Å². The summed E-state index contributed by atoms with van der Waals surface area (Å²) in [6.07, 6.45) is 1.77. The fourth-order valence-corrected chi connectivity index (χ4v) is 3.74. The molecule has 0 atom stereocenters. The van der Waals surface area contributed by atoms with E-state index in [1.165, 1.54) is 0 Å². The smallest absolute Gasteiger partial charge is 0.253 e. The second-order valence-corrected chi connectivity index (χ2v) is 8.22. The molecule has 0 bridgehead atoms. The maximum atomic E-state index is 12.9. The van der Waals surface area contributed by atoms with Crippen LogP contribution in [0.15, 0.2) is 48.7 Å². The van der Waals surface area contributed by atoms with Crippen molar-refractivity contribution in [2.75, 3.05) is 55.4 Å². The molecule has 0 unspecified atom stereocenters. The Bertz CT molecular complexity index is 1090. The van der Waals surface area contributed by atoms with E-state index in [9.17, 15) is 4.79 Å². The van der Waals surface area contributed by atoms with E-state index < -0.39 is 0 Å². The van der Waals surface area contributed by atoms with Gasteiger partial charge in [-0.05, 0) is 55.8 Å². The van der Waals surface area contributed by atoms with Gasteiger partial charge in [0.25, 0.3) is 5.91 Å². The molecule has 4 rings (SSSR count). The summed E-state index contributed by atoms with van der Waals surface area (Å²) in [6, 6.07) is 13.6. The van der Waals surface area contributed by atoms with Gasteiger partial charge in [0.05, 0.1) is 0 Å². The predicted octanol–water partition coefficient (Wildman–Crippen LogP) is 3.26. The van der Waals surface area contributed by atoms with Gasteiger partial charge in [0.1, 0.15) is 23.3 Å². The molecule has 0 spiro atoms. The molecule has 1 aliphatic rings. The molecule has 1 amide bonds. The summed E-state index contributed by atoms with van der Waals surface area (Å²) in [5.41, 5.74) is 2.93. The number of aryl methyl sites for hydroxylation is 2. The second kappa shape index (κ2) is 9.21. The molecule has 1 aliphatic heterocycles. The highest BCUT2D eigenvalue weighted by Gasteiger charge is 2.23. The van der Waals surface area contributed by atoms with Gasteiger partial charge in [-0.3, -0.25) is 4.79 Å². The normalized spacial score (nSPS) is 13.8. The Kier molecular flexibility index (Phi) is 6.20. The molecular formula is C24H29N7O. The van der Waals surface area contributed by atoms with E-state index in [0.717, 1.165) is 41.5 Å². The first kappa shape index (κ1) is 21.5.